The van der Waals surface area contributed by atoms with Crippen molar-refractivity contribution >= 4 is 5.91 Å². The smallest absolute Gasteiger partial charge is 0.223 e. The van der Waals surface area contributed by atoms with E-state index in [1.807, 2.05) is 85.6 Å². The van der Waals surface area contributed by atoms with E-state index >= 15 is 0 Å². The monoisotopic (exact) mass is 400 g/mol. The van der Waals surface area contributed by atoms with E-state index in [9.17, 15) is 4.79 Å². The van der Waals surface area contributed by atoms with Crippen LogP contribution in [0, 0.1) is 0 Å². The van der Waals surface area contributed by atoms with Crippen LogP contribution in [0.25, 0.3) is 11.4 Å². The molecule has 2 aromatic carbocycles. The molecule has 0 spiro atoms. The van der Waals surface area contributed by atoms with Gasteiger partial charge in [-0.05, 0) is 48.7 Å². The lowest BCUT2D eigenvalue weighted by Crippen LogP contribution is -2.29. The standard InChI is InChI=1S/C23H24N6O/c1-18(20-9-11-22(12-10-20)29-17-24-16-26-29)27(2)23(30)13-8-19-14-25-28(15-19)21-6-4-3-5-7-21/h3-7,9-12,14-18H,8,13H2,1-2H3/t18-/m0/s1. The highest BCUT2D eigenvalue weighted by Crippen LogP contribution is 2.21. The molecule has 0 aliphatic carbocycles. The first kappa shape index (κ1) is 19.6. The zero-order valence-electron chi connectivity index (χ0n) is 17.1. The molecule has 0 fully saturated rings. The molecule has 0 saturated heterocycles. The average molecular weight is 400 g/mol. The Balaban J connectivity index is 1.35. The van der Waals surface area contributed by atoms with E-state index in [1.165, 1.54) is 6.33 Å². The third kappa shape index (κ3) is 4.30. The second kappa shape index (κ2) is 8.73. The summed E-state index contributed by atoms with van der Waals surface area (Å²) in [5, 5.41) is 8.53. The van der Waals surface area contributed by atoms with Gasteiger partial charge in [0.1, 0.15) is 12.7 Å². The average Bonchev–Trinajstić information content (AvgIpc) is 3.50. The molecule has 1 amide bonds. The Hall–Kier alpha value is -3.74. The summed E-state index contributed by atoms with van der Waals surface area (Å²) in [6.45, 7) is 2.04. The minimum atomic E-state index is -0.0191. The van der Waals surface area contributed by atoms with Gasteiger partial charge in [-0.15, -0.1) is 0 Å². The van der Waals surface area contributed by atoms with Gasteiger partial charge in [-0.1, -0.05) is 30.3 Å². The van der Waals surface area contributed by atoms with Gasteiger partial charge in [-0.2, -0.15) is 10.2 Å². The maximum atomic E-state index is 12.7. The van der Waals surface area contributed by atoms with Gasteiger partial charge >= 0.3 is 0 Å². The molecular weight excluding hydrogens is 376 g/mol. The zero-order valence-corrected chi connectivity index (χ0v) is 17.1. The van der Waals surface area contributed by atoms with Crippen LogP contribution in [0.3, 0.4) is 0 Å². The molecule has 2 heterocycles. The lowest BCUT2D eigenvalue weighted by molar-refractivity contribution is -0.131. The summed E-state index contributed by atoms with van der Waals surface area (Å²) in [6, 6.07) is 17.9. The second-order valence-electron chi connectivity index (χ2n) is 7.24. The van der Waals surface area contributed by atoms with Crippen molar-refractivity contribution in [2.24, 2.45) is 0 Å². The van der Waals surface area contributed by atoms with Gasteiger partial charge in [-0.25, -0.2) is 14.3 Å². The Morgan fingerprint density at radius 3 is 2.43 bits per heavy atom. The van der Waals surface area contributed by atoms with E-state index in [0.29, 0.717) is 12.8 Å². The number of carbonyl (C=O) groups excluding carboxylic acids is 1. The second-order valence-corrected chi connectivity index (χ2v) is 7.24. The number of hydrogen-bond acceptors (Lipinski definition) is 4. The summed E-state index contributed by atoms with van der Waals surface area (Å²) in [7, 11) is 1.85. The highest BCUT2D eigenvalue weighted by molar-refractivity contribution is 5.76. The van der Waals surface area contributed by atoms with E-state index < -0.39 is 0 Å². The maximum absolute atomic E-state index is 12.7. The molecule has 7 nitrogen and oxygen atoms in total. The Labute approximate surface area is 175 Å². The van der Waals surface area contributed by atoms with E-state index in [2.05, 4.69) is 15.2 Å². The molecule has 0 aliphatic heterocycles. The summed E-state index contributed by atoms with van der Waals surface area (Å²) in [6.07, 6.45) is 8.08. The molecule has 30 heavy (non-hydrogen) atoms. The van der Waals surface area contributed by atoms with Crippen LogP contribution in [0.5, 0.6) is 0 Å². The number of hydrogen-bond donors (Lipinski definition) is 0. The SMILES string of the molecule is C[C@@H](c1ccc(-n2cncn2)cc1)N(C)C(=O)CCc1cnn(-c2ccccc2)c1. The van der Waals surface area contributed by atoms with Crippen molar-refractivity contribution < 1.29 is 4.79 Å². The lowest BCUT2D eigenvalue weighted by Gasteiger charge is -2.25. The predicted octanol–water partition coefficient (Wildman–Crippen LogP) is 3.61. The first-order chi connectivity index (χ1) is 14.6. The number of aromatic nitrogens is 5. The third-order valence-corrected chi connectivity index (χ3v) is 5.32. The molecule has 0 radical (unpaired) electrons. The molecular formula is C23H24N6O. The first-order valence-corrected chi connectivity index (χ1v) is 9.91. The molecule has 0 N–H and O–H groups in total. The summed E-state index contributed by atoms with van der Waals surface area (Å²) in [5.41, 5.74) is 4.07. The van der Waals surface area contributed by atoms with Gasteiger partial charge < -0.3 is 4.90 Å². The molecule has 0 saturated carbocycles. The van der Waals surface area contributed by atoms with Crippen LogP contribution in [0.2, 0.25) is 0 Å². The van der Waals surface area contributed by atoms with Crippen molar-refractivity contribution in [3.63, 3.8) is 0 Å². The van der Waals surface area contributed by atoms with Crippen molar-refractivity contribution in [3.05, 3.63) is 90.8 Å². The van der Waals surface area contributed by atoms with Gasteiger partial charge in [0.15, 0.2) is 0 Å². The summed E-state index contributed by atoms with van der Waals surface area (Å²) in [5.74, 6) is 0.107. The first-order valence-electron chi connectivity index (χ1n) is 9.91. The minimum absolute atomic E-state index is 0.0191. The van der Waals surface area contributed by atoms with Crippen LogP contribution in [0.15, 0.2) is 79.6 Å². The largest absolute Gasteiger partial charge is 0.339 e. The van der Waals surface area contributed by atoms with Crippen LogP contribution in [-0.2, 0) is 11.2 Å². The van der Waals surface area contributed by atoms with Gasteiger partial charge in [-0.3, -0.25) is 4.79 Å². The van der Waals surface area contributed by atoms with Crippen molar-refractivity contribution in [3.8, 4) is 11.4 Å². The van der Waals surface area contributed by atoms with E-state index in [4.69, 9.17) is 0 Å². The summed E-state index contributed by atoms with van der Waals surface area (Å²) in [4.78, 5) is 18.5. The molecule has 7 heteroatoms. The fourth-order valence-electron chi connectivity index (χ4n) is 3.33. The highest BCUT2D eigenvalue weighted by Gasteiger charge is 2.17. The van der Waals surface area contributed by atoms with Crippen LogP contribution < -0.4 is 0 Å². The van der Waals surface area contributed by atoms with Crippen LogP contribution >= 0.6 is 0 Å². The Kier molecular flexibility index (Phi) is 5.70. The van der Waals surface area contributed by atoms with Crippen molar-refractivity contribution in [1.29, 1.82) is 0 Å². The number of aryl methyl sites for hydroxylation is 1. The zero-order chi connectivity index (χ0) is 20.9. The van der Waals surface area contributed by atoms with Gasteiger partial charge in [0.25, 0.3) is 0 Å². The number of nitrogens with zero attached hydrogens (tertiary/aromatic N) is 6. The molecule has 1 atom stereocenters. The molecule has 4 aromatic rings. The maximum Gasteiger partial charge on any atom is 0.223 e. The molecule has 152 valence electrons. The fraction of sp³-hybridized carbons (Fsp3) is 0.217. The number of rotatable bonds is 7. The predicted molar refractivity (Wildman–Crippen MR) is 114 cm³/mol. The van der Waals surface area contributed by atoms with Gasteiger partial charge in [0, 0.05) is 19.7 Å². The topological polar surface area (TPSA) is 68.8 Å². The van der Waals surface area contributed by atoms with E-state index in [-0.39, 0.29) is 11.9 Å². The highest BCUT2D eigenvalue weighted by atomic mass is 16.2. The lowest BCUT2D eigenvalue weighted by atomic mass is 10.1. The Morgan fingerprint density at radius 2 is 1.73 bits per heavy atom. The van der Waals surface area contributed by atoms with Crippen LogP contribution in [0.1, 0.15) is 30.5 Å². The molecule has 0 unspecified atom stereocenters. The summed E-state index contributed by atoms with van der Waals surface area (Å²) < 4.78 is 3.54. The van der Waals surface area contributed by atoms with E-state index in [0.717, 1.165) is 22.5 Å². The number of amides is 1. The number of carbonyl (C=O) groups is 1. The Bertz CT molecular complexity index is 1090. The normalized spacial score (nSPS) is 11.9. The molecule has 4 rings (SSSR count). The summed E-state index contributed by atoms with van der Waals surface area (Å²) >= 11 is 0. The van der Waals surface area contributed by atoms with Crippen molar-refractivity contribution in [2.45, 2.75) is 25.8 Å². The Morgan fingerprint density at radius 1 is 1.00 bits per heavy atom. The molecule has 0 bridgehead atoms. The third-order valence-electron chi connectivity index (χ3n) is 5.32. The van der Waals surface area contributed by atoms with Crippen LogP contribution in [0.4, 0.5) is 0 Å². The van der Waals surface area contributed by atoms with Gasteiger partial charge in [0.2, 0.25) is 5.91 Å². The fourth-order valence-corrected chi connectivity index (χ4v) is 3.33. The minimum Gasteiger partial charge on any atom is -0.339 e. The van der Waals surface area contributed by atoms with Crippen molar-refractivity contribution in [1.82, 2.24) is 29.4 Å². The van der Waals surface area contributed by atoms with Crippen LogP contribution in [-0.4, -0.2) is 42.4 Å². The van der Waals surface area contributed by atoms with Gasteiger partial charge in [0.05, 0.1) is 23.6 Å². The molecule has 2 aromatic heterocycles. The van der Waals surface area contributed by atoms with Crippen molar-refractivity contribution in [2.75, 3.05) is 7.05 Å². The van der Waals surface area contributed by atoms with E-state index in [1.54, 1.807) is 15.9 Å². The quantitative estimate of drug-likeness (QED) is 0.475. The number of benzene rings is 2. The number of para-hydroxylation sites is 1. The molecule has 0 aliphatic rings.